The van der Waals surface area contributed by atoms with E-state index in [1.54, 1.807) is 19.9 Å². The van der Waals surface area contributed by atoms with E-state index in [2.05, 4.69) is 15.0 Å². The average Bonchev–Trinajstić information content (AvgIpc) is 2.33. The van der Waals surface area contributed by atoms with Gasteiger partial charge >= 0.3 is 5.97 Å². The van der Waals surface area contributed by atoms with Crippen LogP contribution >= 0.6 is 34.4 Å². The summed E-state index contributed by atoms with van der Waals surface area (Å²) in [6.07, 6.45) is 1.29. The highest BCUT2D eigenvalue weighted by Crippen LogP contribution is 2.31. The third-order valence-electron chi connectivity index (χ3n) is 2.48. The molecule has 2 heterocycles. The van der Waals surface area contributed by atoms with Crippen molar-refractivity contribution in [1.29, 1.82) is 0 Å². The molecule has 2 rings (SSSR count). The van der Waals surface area contributed by atoms with E-state index < -0.39 is 5.97 Å². The highest BCUT2D eigenvalue weighted by Gasteiger charge is 2.18. The molecular formula is C12H10IN3O3S. The highest BCUT2D eigenvalue weighted by molar-refractivity contribution is 14.1. The normalized spacial score (nSPS) is 10.6. The molecule has 0 radical (unpaired) electrons. The van der Waals surface area contributed by atoms with Crippen molar-refractivity contribution in [3.05, 3.63) is 43.1 Å². The van der Waals surface area contributed by atoms with Gasteiger partial charge in [-0.2, -0.15) is 0 Å². The molecular weight excluding hydrogens is 393 g/mol. The zero-order valence-electron chi connectivity index (χ0n) is 10.6. The third kappa shape index (κ3) is 3.01. The fourth-order valence-corrected chi connectivity index (χ4v) is 3.30. The van der Waals surface area contributed by atoms with Crippen molar-refractivity contribution < 1.29 is 9.90 Å². The van der Waals surface area contributed by atoms with Crippen molar-refractivity contribution in [2.24, 2.45) is 0 Å². The first-order valence-corrected chi connectivity index (χ1v) is 7.42. The Morgan fingerprint density at radius 2 is 2.10 bits per heavy atom. The molecule has 2 aromatic heterocycles. The summed E-state index contributed by atoms with van der Waals surface area (Å²) in [6.45, 7) is 3.51. The summed E-state index contributed by atoms with van der Waals surface area (Å²) in [5, 5.41) is 10.1. The molecule has 0 bridgehead atoms. The minimum Gasteiger partial charge on any atom is -0.478 e. The number of H-pyrrole nitrogens is 1. The first-order valence-electron chi connectivity index (χ1n) is 5.52. The van der Waals surface area contributed by atoms with Crippen LogP contribution in [0, 0.1) is 17.4 Å². The molecule has 0 aliphatic heterocycles. The van der Waals surface area contributed by atoms with Crippen LogP contribution in [0.5, 0.6) is 0 Å². The standard InChI is InChI=1S/C12H10IN3O3S/c1-5-3-6(2)16-10(7(5)12(18)19)20-11-8(13)9(17)14-4-15-11/h3-4H,1-2H3,(H,18,19)(H,14,15,17). The molecule has 0 saturated carbocycles. The van der Waals surface area contributed by atoms with Gasteiger partial charge in [0, 0.05) is 5.69 Å². The number of carboxylic acids is 1. The van der Waals surface area contributed by atoms with Crippen LogP contribution in [-0.2, 0) is 0 Å². The lowest BCUT2D eigenvalue weighted by atomic mass is 10.1. The lowest BCUT2D eigenvalue weighted by molar-refractivity contribution is 0.0691. The number of halogens is 1. The van der Waals surface area contributed by atoms with E-state index in [9.17, 15) is 14.7 Å². The summed E-state index contributed by atoms with van der Waals surface area (Å²) in [4.78, 5) is 33.7. The molecule has 0 aliphatic rings. The van der Waals surface area contributed by atoms with Gasteiger partial charge < -0.3 is 10.1 Å². The third-order valence-corrected chi connectivity index (χ3v) is 4.84. The largest absolute Gasteiger partial charge is 0.478 e. The summed E-state index contributed by atoms with van der Waals surface area (Å²) in [6, 6.07) is 1.71. The number of carbonyl (C=O) groups is 1. The lowest BCUT2D eigenvalue weighted by Gasteiger charge is -2.09. The van der Waals surface area contributed by atoms with Crippen LogP contribution in [0.2, 0.25) is 0 Å². The van der Waals surface area contributed by atoms with Crippen LogP contribution in [0.25, 0.3) is 0 Å². The van der Waals surface area contributed by atoms with Gasteiger partial charge in [-0.15, -0.1) is 0 Å². The summed E-state index contributed by atoms with van der Waals surface area (Å²) >= 11 is 2.96. The summed E-state index contributed by atoms with van der Waals surface area (Å²) < 4.78 is 0.410. The molecule has 20 heavy (non-hydrogen) atoms. The fraction of sp³-hybridized carbons (Fsp3) is 0.167. The number of pyridine rings is 1. The van der Waals surface area contributed by atoms with Crippen LogP contribution in [0.3, 0.4) is 0 Å². The molecule has 6 nitrogen and oxygen atoms in total. The van der Waals surface area contributed by atoms with E-state index >= 15 is 0 Å². The van der Waals surface area contributed by atoms with Crippen LogP contribution < -0.4 is 5.56 Å². The first-order chi connectivity index (χ1) is 9.40. The number of aromatic carboxylic acids is 1. The maximum atomic E-state index is 11.5. The van der Waals surface area contributed by atoms with Gasteiger partial charge in [-0.1, -0.05) is 0 Å². The van der Waals surface area contributed by atoms with Crippen molar-refractivity contribution in [3.8, 4) is 0 Å². The Balaban J connectivity index is 2.56. The number of nitrogens with one attached hydrogen (secondary N) is 1. The molecule has 0 aliphatic carbocycles. The predicted octanol–water partition coefficient (Wildman–Crippen LogP) is 2.24. The zero-order valence-corrected chi connectivity index (χ0v) is 13.6. The molecule has 2 N–H and O–H groups in total. The first kappa shape index (κ1) is 15.0. The number of rotatable bonds is 3. The van der Waals surface area contributed by atoms with Crippen molar-refractivity contribution in [2.75, 3.05) is 0 Å². The van der Waals surface area contributed by atoms with Crippen molar-refractivity contribution in [2.45, 2.75) is 23.9 Å². The Bertz CT molecular complexity index is 745. The maximum absolute atomic E-state index is 11.5. The number of aromatic nitrogens is 3. The van der Waals surface area contributed by atoms with Crippen molar-refractivity contribution >= 4 is 40.3 Å². The van der Waals surface area contributed by atoms with E-state index in [-0.39, 0.29) is 11.1 Å². The molecule has 0 atom stereocenters. The quantitative estimate of drug-likeness (QED) is 0.603. The molecule has 2 aromatic rings. The zero-order chi connectivity index (χ0) is 14.9. The minimum atomic E-state index is -1.04. The Kier molecular flexibility index (Phi) is 4.43. The highest BCUT2D eigenvalue weighted by atomic mass is 127. The molecule has 0 amide bonds. The predicted molar refractivity (Wildman–Crippen MR) is 82.4 cm³/mol. The summed E-state index contributed by atoms with van der Waals surface area (Å²) in [5.41, 5.74) is 1.23. The van der Waals surface area contributed by atoms with Crippen molar-refractivity contribution in [3.63, 3.8) is 0 Å². The van der Waals surface area contributed by atoms with E-state index in [1.807, 2.05) is 22.6 Å². The average molecular weight is 403 g/mol. The second kappa shape index (κ2) is 5.92. The number of aryl methyl sites for hydroxylation is 2. The van der Waals surface area contributed by atoms with Gasteiger partial charge in [-0.3, -0.25) is 4.79 Å². The Labute approximate surface area is 132 Å². The van der Waals surface area contributed by atoms with Crippen molar-refractivity contribution in [1.82, 2.24) is 15.0 Å². The van der Waals surface area contributed by atoms with Gasteiger partial charge in [0.2, 0.25) is 0 Å². The Morgan fingerprint density at radius 1 is 1.40 bits per heavy atom. The molecule has 0 saturated heterocycles. The van der Waals surface area contributed by atoms with Crippen LogP contribution in [0.15, 0.2) is 27.2 Å². The second-order valence-corrected chi connectivity index (χ2v) is 6.07. The smallest absolute Gasteiger partial charge is 0.338 e. The van der Waals surface area contributed by atoms with Gasteiger partial charge in [0.25, 0.3) is 5.56 Å². The van der Waals surface area contributed by atoms with Gasteiger partial charge in [-0.05, 0) is 59.8 Å². The van der Waals surface area contributed by atoms with Crippen LogP contribution in [-0.4, -0.2) is 26.0 Å². The molecule has 0 spiro atoms. The van der Waals surface area contributed by atoms with E-state index in [1.165, 1.54) is 6.33 Å². The van der Waals surface area contributed by atoms with Crippen LogP contribution in [0.4, 0.5) is 0 Å². The molecule has 0 unspecified atom stereocenters. The monoisotopic (exact) mass is 403 g/mol. The van der Waals surface area contributed by atoms with Gasteiger partial charge in [0.05, 0.1) is 11.9 Å². The Hall–Kier alpha value is -1.42. The lowest BCUT2D eigenvalue weighted by Crippen LogP contribution is -2.12. The molecule has 104 valence electrons. The number of nitrogens with zero attached hydrogens (tertiary/aromatic N) is 2. The number of aromatic amines is 1. The van der Waals surface area contributed by atoms with E-state index in [0.29, 0.717) is 19.2 Å². The maximum Gasteiger partial charge on any atom is 0.338 e. The second-order valence-electron chi connectivity index (χ2n) is 4.02. The van der Waals surface area contributed by atoms with E-state index in [4.69, 9.17) is 0 Å². The number of carboxylic acid groups (broad SMARTS) is 1. The summed E-state index contributed by atoms with van der Waals surface area (Å²) in [7, 11) is 0. The fourth-order valence-electron chi connectivity index (χ4n) is 1.67. The molecule has 0 aromatic carbocycles. The van der Waals surface area contributed by atoms with Gasteiger partial charge in [-0.25, -0.2) is 14.8 Å². The van der Waals surface area contributed by atoms with Gasteiger partial charge in [0.1, 0.15) is 13.6 Å². The topological polar surface area (TPSA) is 95.9 Å². The number of hydrogen-bond acceptors (Lipinski definition) is 5. The van der Waals surface area contributed by atoms with Gasteiger partial charge in [0.15, 0.2) is 0 Å². The molecule has 0 fully saturated rings. The molecule has 8 heteroatoms. The van der Waals surface area contributed by atoms with Crippen LogP contribution in [0.1, 0.15) is 21.6 Å². The SMILES string of the molecule is Cc1cc(C)c(C(=O)O)c(Sc2nc[nH]c(=O)c2I)n1. The van der Waals surface area contributed by atoms with E-state index in [0.717, 1.165) is 17.5 Å². The minimum absolute atomic E-state index is 0.137. The summed E-state index contributed by atoms with van der Waals surface area (Å²) in [5.74, 6) is -1.04. The Morgan fingerprint density at radius 3 is 2.75 bits per heavy atom. The number of hydrogen-bond donors (Lipinski definition) is 2.